The van der Waals surface area contributed by atoms with Crippen LogP contribution in [0.4, 0.5) is 0 Å². The first-order chi connectivity index (χ1) is 35.7. The van der Waals surface area contributed by atoms with Crippen LogP contribution in [-0.4, -0.2) is 0 Å². The molecule has 0 saturated heterocycles. The van der Waals surface area contributed by atoms with Crippen molar-refractivity contribution < 1.29 is 0 Å². The maximum Gasteiger partial charge on any atom is -0.00201 e. The first-order valence-electron chi connectivity index (χ1n) is 25.0. The van der Waals surface area contributed by atoms with E-state index in [0.29, 0.717) is 0 Å². The van der Waals surface area contributed by atoms with Gasteiger partial charge in [0.2, 0.25) is 0 Å². The van der Waals surface area contributed by atoms with Crippen molar-refractivity contribution in [3.63, 3.8) is 0 Å². The Bertz CT molecular complexity index is 4380. The summed E-state index contributed by atoms with van der Waals surface area (Å²) in [5, 5.41) is 14.9. The molecule has 0 aliphatic carbocycles. The maximum atomic E-state index is 2.54. The topological polar surface area (TPSA) is 0 Å². The molecule has 14 aromatic rings. The summed E-state index contributed by atoms with van der Waals surface area (Å²) in [6, 6.07) is 103. The molecule has 14 aromatic carbocycles. The van der Waals surface area contributed by atoms with Crippen LogP contribution < -0.4 is 0 Å². The molecular formula is C72H46. The van der Waals surface area contributed by atoms with Gasteiger partial charge in [0.1, 0.15) is 0 Å². The van der Waals surface area contributed by atoms with Crippen molar-refractivity contribution >= 4 is 64.6 Å². The van der Waals surface area contributed by atoms with E-state index in [2.05, 4.69) is 279 Å². The fraction of sp³-hybridized carbons (Fsp3) is 0. The van der Waals surface area contributed by atoms with Gasteiger partial charge in [0.25, 0.3) is 0 Å². The van der Waals surface area contributed by atoms with E-state index in [9.17, 15) is 0 Å². The van der Waals surface area contributed by atoms with Crippen molar-refractivity contribution in [1.29, 1.82) is 0 Å². The van der Waals surface area contributed by atoms with E-state index in [-0.39, 0.29) is 0 Å². The second kappa shape index (κ2) is 17.2. The van der Waals surface area contributed by atoms with Gasteiger partial charge < -0.3 is 0 Å². The lowest BCUT2D eigenvalue weighted by Gasteiger charge is -2.23. The first-order valence-corrected chi connectivity index (χ1v) is 25.0. The van der Waals surface area contributed by atoms with E-state index in [1.807, 2.05) is 0 Å². The summed E-state index contributed by atoms with van der Waals surface area (Å²) in [5.41, 5.74) is 17.0. The number of rotatable bonds is 7. The van der Waals surface area contributed by atoms with E-state index >= 15 is 0 Å². The number of benzene rings is 14. The lowest BCUT2D eigenvalue weighted by molar-refractivity contribution is 1.60. The molecule has 0 aliphatic rings. The molecule has 0 fully saturated rings. The lowest BCUT2D eigenvalue weighted by Crippen LogP contribution is -1.95. The molecule has 0 amide bonds. The van der Waals surface area contributed by atoms with Gasteiger partial charge in [-0.15, -0.1) is 0 Å². The molecule has 0 saturated carbocycles. The Kier molecular flexibility index (Phi) is 9.96. The summed E-state index contributed by atoms with van der Waals surface area (Å²) in [6.07, 6.45) is 0. The van der Waals surface area contributed by atoms with Gasteiger partial charge in [-0.1, -0.05) is 261 Å². The summed E-state index contributed by atoms with van der Waals surface area (Å²) in [5.74, 6) is 0. The molecule has 14 rings (SSSR count). The van der Waals surface area contributed by atoms with Crippen molar-refractivity contribution in [2.24, 2.45) is 0 Å². The number of hydrogen-bond donors (Lipinski definition) is 0. The monoisotopic (exact) mass is 910 g/mol. The summed E-state index contributed by atoms with van der Waals surface area (Å²) in [4.78, 5) is 0. The average Bonchev–Trinajstić information content (AvgIpc) is 3.46. The SMILES string of the molecule is c1ccc(-c2cccc(-c3c(-c4ccccc4)c4cc5c(-c6ccc(-c7cccc8ccccc78)cc6)c6ccccc6c(-c6ccc(-c7cccc8ccccc78)cc6)c5cc4c4ccccc34)c2)cc1. The standard InChI is InChI=1S/C72H46/c1-3-18-47(19-4-1)55-26-15-27-56(44-55)72-62-31-12-11-30-61(62)65-45-67-68(46-66(65)71(72)52-22-5-2-6-23-52)70(54-42-38-51(39-43-54)60-35-17-25-49-21-8-10-29-58(49)60)64-33-14-13-32-63(64)69(67)53-40-36-50(37-41-53)59-34-16-24-48-20-7-9-28-57(48)59/h1-46H. The van der Waals surface area contributed by atoms with Crippen molar-refractivity contribution in [3.8, 4) is 77.9 Å². The second-order valence-electron chi connectivity index (χ2n) is 19.1. The molecule has 0 bridgehead atoms. The van der Waals surface area contributed by atoms with Crippen LogP contribution in [0.2, 0.25) is 0 Å². The first kappa shape index (κ1) is 41.6. The number of fused-ring (bicyclic) bond motifs is 7. The largest absolute Gasteiger partial charge is 0.0622 e. The third kappa shape index (κ3) is 6.91. The summed E-state index contributed by atoms with van der Waals surface area (Å²) in [7, 11) is 0. The highest BCUT2D eigenvalue weighted by atomic mass is 14.3. The highest BCUT2D eigenvalue weighted by molar-refractivity contribution is 6.29. The van der Waals surface area contributed by atoms with Gasteiger partial charge >= 0.3 is 0 Å². The predicted molar refractivity (Wildman–Crippen MR) is 310 cm³/mol. The molecule has 0 radical (unpaired) electrons. The molecule has 0 heteroatoms. The molecule has 0 aromatic heterocycles. The highest BCUT2D eigenvalue weighted by Crippen LogP contribution is 2.51. The minimum atomic E-state index is 1.19. The highest BCUT2D eigenvalue weighted by Gasteiger charge is 2.23. The Morgan fingerprint density at radius 1 is 0.139 bits per heavy atom. The van der Waals surface area contributed by atoms with Crippen LogP contribution in [0.1, 0.15) is 0 Å². The Morgan fingerprint density at radius 3 is 1.01 bits per heavy atom. The fourth-order valence-electron chi connectivity index (χ4n) is 11.8. The summed E-state index contributed by atoms with van der Waals surface area (Å²) >= 11 is 0. The molecule has 0 heterocycles. The van der Waals surface area contributed by atoms with Gasteiger partial charge in [-0.25, -0.2) is 0 Å². The third-order valence-corrected chi connectivity index (χ3v) is 15.0. The van der Waals surface area contributed by atoms with Crippen LogP contribution in [0, 0.1) is 0 Å². The minimum Gasteiger partial charge on any atom is -0.0622 e. The molecule has 0 nitrogen and oxygen atoms in total. The Hall–Kier alpha value is -9.36. The molecule has 334 valence electrons. The second-order valence-corrected chi connectivity index (χ2v) is 19.1. The van der Waals surface area contributed by atoms with Crippen molar-refractivity contribution in [3.05, 3.63) is 279 Å². The van der Waals surface area contributed by atoms with Gasteiger partial charge in [0.15, 0.2) is 0 Å². The van der Waals surface area contributed by atoms with Crippen molar-refractivity contribution in [1.82, 2.24) is 0 Å². The average molecular weight is 911 g/mol. The van der Waals surface area contributed by atoms with Crippen molar-refractivity contribution in [2.45, 2.75) is 0 Å². The minimum absolute atomic E-state index is 1.19. The van der Waals surface area contributed by atoms with E-state index in [1.165, 1.54) is 143 Å². The lowest BCUT2D eigenvalue weighted by atomic mass is 9.80. The Balaban J connectivity index is 1.08. The zero-order valence-corrected chi connectivity index (χ0v) is 39.6. The molecule has 0 N–H and O–H groups in total. The van der Waals surface area contributed by atoms with Gasteiger partial charge in [0.05, 0.1) is 0 Å². The van der Waals surface area contributed by atoms with Crippen molar-refractivity contribution in [2.75, 3.05) is 0 Å². The smallest absolute Gasteiger partial charge is 0.00201 e. The van der Waals surface area contributed by atoms with E-state index in [1.54, 1.807) is 0 Å². The predicted octanol–water partition coefficient (Wildman–Crippen LogP) is 20.3. The quantitative estimate of drug-likeness (QED) is 0.110. The fourth-order valence-corrected chi connectivity index (χ4v) is 11.8. The Morgan fingerprint density at radius 2 is 0.472 bits per heavy atom. The summed E-state index contributed by atoms with van der Waals surface area (Å²) in [6.45, 7) is 0. The van der Waals surface area contributed by atoms with Crippen LogP contribution in [0.5, 0.6) is 0 Å². The molecule has 0 atom stereocenters. The van der Waals surface area contributed by atoms with E-state index < -0.39 is 0 Å². The van der Waals surface area contributed by atoms with Gasteiger partial charge in [-0.3, -0.25) is 0 Å². The zero-order chi connectivity index (χ0) is 47.5. The summed E-state index contributed by atoms with van der Waals surface area (Å²) < 4.78 is 0. The van der Waals surface area contributed by atoms with Crippen LogP contribution >= 0.6 is 0 Å². The Labute approximate surface area is 419 Å². The third-order valence-electron chi connectivity index (χ3n) is 15.0. The molecule has 0 spiro atoms. The zero-order valence-electron chi connectivity index (χ0n) is 39.6. The molecular weight excluding hydrogens is 865 g/mol. The molecule has 0 unspecified atom stereocenters. The van der Waals surface area contributed by atoms with Crippen LogP contribution in [0.3, 0.4) is 0 Å². The van der Waals surface area contributed by atoms with E-state index in [4.69, 9.17) is 0 Å². The molecule has 0 aliphatic heterocycles. The van der Waals surface area contributed by atoms with Gasteiger partial charge in [0, 0.05) is 0 Å². The van der Waals surface area contributed by atoms with Crippen LogP contribution in [0.25, 0.3) is 143 Å². The van der Waals surface area contributed by atoms with Crippen LogP contribution in [-0.2, 0) is 0 Å². The normalized spacial score (nSPS) is 11.6. The van der Waals surface area contributed by atoms with Gasteiger partial charge in [-0.05, 0) is 161 Å². The molecule has 72 heavy (non-hydrogen) atoms. The maximum absolute atomic E-state index is 2.54. The van der Waals surface area contributed by atoms with E-state index in [0.717, 1.165) is 0 Å². The number of hydrogen-bond acceptors (Lipinski definition) is 0. The van der Waals surface area contributed by atoms with Gasteiger partial charge in [-0.2, -0.15) is 0 Å². The van der Waals surface area contributed by atoms with Crippen LogP contribution in [0.15, 0.2) is 279 Å².